The number of carbonyl (C=O) groups excluding carboxylic acids is 1. The van der Waals surface area contributed by atoms with E-state index in [9.17, 15) is 9.90 Å². The lowest BCUT2D eigenvalue weighted by Crippen LogP contribution is -2.50. The predicted octanol–water partition coefficient (Wildman–Crippen LogP) is 0.785. The third kappa shape index (κ3) is 2.39. The molecule has 2 unspecified atom stereocenters. The minimum absolute atomic E-state index is 0.0462. The molecule has 6 heteroatoms. The molecule has 0 saturated carbocycles. The van der Waals surface area contributed by atoms with Gasteiger partial charge in [-0.1, -0.05) is 0 Å². The summed E-state index contributed by atoms with van der Waals surface area (Å²) in [6.07, 6.45) is 1.23. The molecule has 1 aromatic carbocycles. The van der Waals surface area contributed by atoms with Crippen LogP contribution in [0.1, 0.15) is 17.3 Å². The van der Waals surface area contributed by atoms with Crippen LogP contribution in [0.4, 0.5) is 0 Å². The van der Waals surface area contributed by atoms with Crippen LogP contribution in [0.15, 0.2) is 24.5 Å². The van der Waals surface area contributed by atoms with Gasteiger partial charge >= 0.3 is 0 Å². The highest BCUT2D eigenvalue weighted by molar-refractivity contribution is 5.97. The van der Waals surface area contributed by atoms with Crippen molar-refractivity contribution in [2.75, 3.05) is 19.7 Å². The van der Waals surface area contributed by atoms with Gasteiger partial charge in [-0.2, -0.15) is 0 Å². The first kappa shape index (κ1) is 13.1. The number of aromatic nitrogens is 2. The van der Waals surface area contributed by atoms with Gasteiger partial charge in [0.1, 0.15) is 0 Å². The largest absolute Gasteiger partial charge is 0.394 e. The Balaban J connectivity index is 1.83. The van der Waals surface area contributed by atoms with Crippen LogP contribution in [-0.2, 0) is 4.74 Å². The van der Waals surface area contributed by atoms with E-state index in [1.54, 1.807) is 23.4 Å². The molecule has 1 aliphatic heterocycles. The molecule has 2 atom stereocenters. The molecule has 1 aromatic heterocycles. The topological polar surface area (TPSA) is 78.5 Å². The Labute approximate surface area is 116 Å². The molecule has 2 N–H and O–H groups in total. The van der Waals surface area contributed by atoms with Gasteiger partial charge in [0.25, 0.3) is 5.91 Å². The van der Waals surface area contributed by atoms with Gasteiger partial charge < -0.3 is 19.7 Å². The van der Waals surface area contributed by atoms with Gasteiger partial charge in [0.15, 0.2) is 0 Å². The van der Waals surface area contributed by atoms with Gasteiger partial charge in [-0.15, -0.1) is 0 Å². The van der Waals surface area contributed by atoms with E-state index in [-0.39, 0.29) is 24.7 Å². The van der Waals surface area contributed by atoms with Crippen molar-refractivity contribution in [3.8, 4) is 0 Å². The van der Waals surface area contributed by atoms with Crippen LogP contribution in [0, 0.1) is 0 Å². The van der Waals surface area contributed by atoms with Gasteiger partial charge in [-0.05, 0) is 25.1 Å². The molecule has 1 aliphatic rings. The highest BCUT2D eigenvalue weighted by Gasteiger charge is 2.28. The molecule has 1 fully saturated rings. The molecule has 0 spiro atoms. The Morgan fingerprint density at radius 2 is 2.40 bits per heavy atom. The number of hydrogen-bond acceptors (Lipinski definition) is 4. The van der Waals surface area contributed by atoms with Gasteiger partial charge in [-0.3, -0.25) is 4.79 Å². The van der Waals surface area contributed by atoms with E-state index in [0.717, 1.165) is 11.0 Å². The number of benzene rings is 1. The normalized spacial score (nSPS) is 23.2. The number of aliphatic hydroxyl groups excluding tert-OH is 1. The number of hydrogen-bond donors (Lipinski definition) is 2. The summed E-state index contributed by atoms with van der Waals surface area (Å²) >= 11 is 0. The summed E-state index contributed by atoms with van der Waals surface area (Å²) < 4.78 is 5.55. The number of nitrogens with one attached hydrogen (secondary N) is 1. The number of aliphatic hydroxyl groups is 1. The lowest BCUT2D eigenvalue weighted by Gasteiger charge is -2.36. The SMILES string of the molecule is CC1CN(C(=O)c2ccc3nc[nH]c3c2)CC(CO)O1. The van der Waals surface area contributed by atoms with Crippen LogP contribution >= 0.6 is 0 Å². The van der Waals surface area contributed by atoms with E-state index in [2.05, 4.69) is 9.97 Å². The summed E-state index contributed by atoms with van der Waals surface area (Å²) in [4.78, 5) is 21.4. The Morgan fingerprint density at radius 1 is 1.55 bits per heavy atom. The molecule has 3 rings (SSSR count). The minimum atomic E-state index is -0.307. The fourth-order valence-corrected chi connectivity index (χ4v) is 2.56. The Hall–Kier alpha value is -1.92. The summed E-state index contributed by atoms with van der Waals surface area (Å²) in [5.41, 5.74) is 2.30. The van der Waals surface area contributed by atoms with Crippen molar-refractivity contribution < 1.29 is 14.6 Å². The number of carbonyl (C=O) groups is 1. The Morgan fingerprint density at radius 3 is 3.20 bits per heavy atom. The van der Waals surface area contributed by atoms with Crippen molar-refractivity contribution in [1.82, 2.24) is 14.9 Å². The molecule has 1 amide bonds. The molecule has 2 aromatic rings. The number of nitrogens with zero attached hydrogens (tertiary/aromatic N) is 2. The zero-order valence-corrected chi connectivity index (χ0v) is 11.2. The van der Waals surface area contributed by atoms with E-state index in [0.29, 0.717) is 18.7 Å². The van der Waals surface area contributed by atoms with Gasteiger partial charge in [-0.25, -0.2) is 4.98 Å². The number of H-pyrrole nitrogens is 1. The van der Waals surface area contributed by atoms with Crippen molar-refractivity contribution in [3.63, 3.8) is 0 Å². The van der Waals surface area contributed by atoms with Crippen molar-refractivity contribution in [2.24, 2.45) is 0 Å². The maximum Gasteiger partial charge on any atom is 0.254 e. The van der Waals surface area contributed by atoms with Gasteiger partial charge in [0, 0.05) is 18.7 Å². The van der Waals surface area contributed by atoms with Gasteiger partial charge in [0.05, 0.1) is 36.2 Å². The Kier molecular flexibility index (Phi) is 3.42. The molecule has 20 heavy (non-hydrogen) atoms. The van der Waals surface area contributed by atoms with Crippen LogP contribution in [0.5, 0.6) is 0 Å². The molecule has 0 aliphatic carbocycles. The quantitative estimate of drug-likeness (QED) is 0.849. The molecular formula is C14H17N3O3. The average molecular weight is 275 g/mol. The number of aromatic amines is 1. The summed E-state index contributed by atoms with van der Waals surface area (Å²) in [6.45, 7) is 2.78. The summed E-state index contributed by atoms with van der Waals surface area (Å²) in [5, 5.41) is 9.22. The fourth-order valence-electron chi connectivity index (χ4n) is 2.56. The smallest absolute Gasteiger partial charge is 0.254 e. The molecule has 0 bridgehead atoms. The first-order chi connectivity index (χ1) is 9.67. The maximum absolute atomic E-state index is 12.5. The predicted molar refractivity (Wildman–Crippen MR) is 73.4 cm³/mol. The lowest BCUT2D eigenvalue weighted by atomic mass is 10.1. The number of amides is 1. The van der Waals surface area contributed by atoms with Crippen molar-refractivity contribution in [2.45, 2.75) is 19.1 Å². The van der Waals surface area contributed by atoms with E-state index in [1.165, 1.54) is 0 Å². The summed E-state index contributed by atoms with van der Waals surface area (Å²) in [7, 11) is 0. The fraction of sp³-hybridized carbons (Fsp3) is 0.429. The van der Waals surface area contributed by atoms with E-state index < -0.39 is 0 Å². The lowest BCUT2D eigenvalue weighted by molar-refractivity contribution is -0.0858. The van der Waals surface area contributed by atoms with Crippen LogP contribution in [0.25, 0.3) is 11.0 Å². The second kappa shape index (κ2) is 5.22. The van der Waals surface area contributed by atoms with Crippen LogP contribution in [0.3, 0.4) is 0 Å². The minimum Gasteiger partial charge on any atom is -0.394 e. The first-order valence-corrected chi connectivity index (χ1v) is 6.66. The number of fused-ring (bicyclic) bond motifs is 1. The maximum atomic E-state index is 12.5. The zero-order chi connectivity index (χ0) is 14.1. The molecule has 2 heterocycles. The molecule has 0 radical (unpaired) electrons. The number of ether oxygens (including phenoxy) is 1. The van der Waals surface area contributed by atoms with Crippen molar-refractivity contribution in [3.05, 3.63) is 30.1 Å². The standard InChI is InChI=1S/C14H17N3O3/c1-9-5-17(6-11(7-18)20-9)14(19)10-2-3-12-13(4-10)16-8-15-12/h2-4,8-9,11,18H,5-7H2,1H3,(H,15,16). The van der Waals surface area contributed by atoms with Crippen molar-refractivity contribution in [1.29, 1.82) is 0 Å². The molecular weight excluding hydrogens is 258 g/mol. The number of morpholine rings is 1. The van der Waals surface area contributed by atoms with Crippen LogP contribution < -0.4 is 0 Å². The third-order valence-corrected chi connectivity index (χ3v) is 3.48. The molecule has 106 valence electrons. The van der Waals surface area contributed by atoms with Crippen LogP contribution in [0.2, 0.25) is 0 Å². The second-order valence-electron chi connectivity index (χ2n) is 5.10. The third-order valence-electron chi connectivity index (χ3n) is 3.48. The first-order valence-electron chi connectivity index (χ1n) is 6.66. The monoisotopic (exact) mass is 275 g/mol. The van der Waals surface area contributed by atoms with E-state index in [1.807, 2.05) is 13.0 Å². The highest BCUT2D eigenvalue weighted by Crippen LogP contribution is 2.17. The second-order valence-corrected chi connectivity index (χ2v) is 5.10. The van der Waals surface area contributed by atoms with Crippen LogP contribution in [-0.4, -0.2) is 57.8 Å². The average Bonchev–Trinajstić information content (AvgIpc) is 2.93. The zero-order valence-electron chi connectivity index (χ0n) is 11.2. The number of imidazole rings is 1. The van der Waals surface area contributed by atoms with Crippen molar-refractivity contribution >= 4 is 16.9 Å². The summed E-state index contributed by atoms with van der Waals surface area (Å²) in [5.74, 6) is -0.0462. The Bertz CT molecular complexity index is 625. The highest BCUT2D eigenvalue weighted by atomic mass is 16.5. The van der Waals surface area contributed by atoms with E-state index in [4.69, 9.17) is 4.74 Å². The molecule has 6 nitrogen and oxygen atoms in total. The summed E-state index contributed by atoms with van der Waals surface area (Å²) in [6, 6.07) is 5.41. The number of rotatable bonds is 2. The molecule has 1 saturated heterocycles. The van der Waals surface area contributed by atoms with E-state index >= 15 is 0 Å². The van der Waals surface area contributed by atoms with Gasteiger partial charge in [0.2, 0.25) is 0 Å².